The lowest BCUT2D eigenvalue weighted by atomic mass is 10.2. The first kappa shape index (κ1) is 8.56. The van der Waals surface area contributed by atoms with Gasteiger partial charge in [0.15, 0.2) is 0 Å². The Morgan fingerprint density at radius 2 is 2.23 bits per heavy atom. The van der Waals surface area contributed by atoms with Gasteiger partial charge in [0, 0.05) is 13.1 Å². The van der Waals surface area contributed by atoms with E-state index in [4.69, 9.17) is 4.74 Å². The van der Waals surface area contributed by atoms with E-state index in [1.54, 1.807) is 5.01 Å². The van der Waals surface area contributed by atoms with E-state index in [0.717, 1.165) is 6.42 Å². The van der Waals surface area contributed by atoms with Crippen molar-refractivity contribution in [2.24, 2.45) is 0 Å². The SMILES string of the molecule is CCOC(=O)N1C2C=CC(C2)N1C. The fourth-order valence-electron chi connectivity index (χ4n) is 1.97. The molecule has 1 aliphatic heterocycles. The molecule has 0 aromatic rings. The molecule has 1 heterocycles. The third-order valence-electron chi connectivity index (χ3n) is 2.63. The second-order valence-corrected chi connectivity index (χ2v) is 3.37. The number of fused-ring (bicyclic) bond motifs is 2. The number of hydrogen-bond donors (Lipinski definition) is 0. The van der Waals surface area contributed by atoms with Crippen LogP contribution in [0.5, 0.6) is 0 Å². The molecule has 72 valence electrons. The van der Waals surface area contributed by atoms with Crippen LogP contribution in [0.15, 0.2) is 12.2 Å². The van der Waals surface area contributed by atoms with Crippen molar-refractivity contribution in [3.05, 3.63) is 12.2 Å². The maximum absolute atomic E-state index is 11.5. The van der Waals surface area contributed by atoms with E-state index >= 15 is 0 Å². The fourth-order valence-corrected chi connectivity index (χ4v) is 1.97. The molecule has 4 nitrogen and oxygen atoms in total. The minimum Gasteiger partial charge on any atom is -0.449 e. The molecule has 2 bridgehead atoms. The standard InChI is InChI=1S/C9H14N2O2/c1-3-13-9(12)11-8-5-4-7(6-8)10(11)2/h4-5,7-8H,3,6H2,1-2H3. The zero-order valence-corrected chi connectivity index (χ0v) is 7.93. The summed E-state index contributed by atoms with van der Waals surface area (Å²) >= 11 is 0. The number of carbonyl (C=O) groups excluding carboxylic acids is 1. The summed E-state index contributed by atoms with van der Waals surface area (Å²) in [5.74, 6) is 0. The summed E-state index contributed by atoms with van der Waals surface area (Å²) in [6.07, 6.45) is 4.99. The van der Waals surface area contributed by atoms with Crippen LogP contribution >= 0.6 is 0 Å². The lowest BCUT2D eigenvalue weighted by molar-refractivity contribution is 0.00547. The largest absolute Gasteiger partial charge is 0.449 e. The van der Waals surface area contributed by atoms with Crippen LogP contribution < -0.4 is 0 Å². The van der Waals surface area contributed by atoms with Crippen LogP contribution in [0.4, 0.5) is 4.79 Å². The van der Waals surface area contributed by atoms with E-state index in [1.807, 2.05) is 19.0 Å². The second-order valence-electron chi connectivity index (χ2n) is 3.37. The van der Waals surface area contributed by atoms with Crippen LogP contribution in [-0.2, 0) is 4.74 Å². The Hall–Kier alpha value is -1.03. The number of ether oxygens (including phenoxy) is 1. The zero-order chi connectivity index (χ0) is 9.42. The lowest BCUT2D eigenvalue weighted by Crippen LogP contribution is -2.46. The number of likely N-dealkylation sites (N-methyl/N-ethyl adjacent to an activating group) is 1. The Labute approximate surface area is 77.7 Å². The summed E-state index contributed by atoms with van der Waals surface area (Å²) in [7, 11) is 1.92. The molecule has 1 aliphatic carbocycles. The highest BCUT2D eigenvalue weighted by Gasteiger charge is 2.42. The van der Waals surface area contributed by atoms with Crippen molar-refractivity contribution in [2.75, 3.05) is 13.7 Å². The average molecular weight is 182 g/mol. The van der Waals surface area contributed by atoms with Crippen LogP contribution in [0.3, 0.4) is 0 Å². The van der Waals surface area contributed by atoms with Gasteiger partial charge in [0.25, 0.3) is 0 Å². The molecule has 0 aromatic heterocycles. The molecule has 1 fully saturated rings. The summed E-state index contributed by atoms with van der Waals surface area (Å²) in [5, 5.41) is 3.64. The molecule has 0 aromatic carbocycles. The van der Waals surface area contributed by atoms with E-state index in [-0.39, 0.29) is 12.1 Å². The van der Waals surface area contributed by atoms with E-state index in [9.17, 15) is 4.79 Å². The third kappa shape index (κ3) is 1.21. The summed E-state index contributed by atoms with van der Waals surface area (Å²) in [6, 6.07) is 0.600. The number of hydrogen-bond acceptors (Lipinski definition) is 3. The fraction of sp³-hybridized carbons (Fsp3) is 0.667. The van der Waals surface area contributed by atoms with Crippen molar-refractivity contribution < 1.29 is 9.53 Å². The number of amides is 1. The van der Waals surface area contributed by atoms with Gasteiger partial charge in [-0.3, -0.25) is 0 Å². The third-order valence-corrected chi connectivity index (χ3v) is 2.63. The Kier molecular flexibility index (Phi) is 2.00. The first-order valence-corrected chi connectivity index (χ1v) is 4.61. The van der Waals surface area contributed by atoms with Gasteiger partial charge in [-0.15, -0.1) is 0 Å². The molecule has 2 atom stereocenters. The van der Waals surface area contributed by atoms with E-state index in [0.29, 0.717) is 12.6 Å². The van der Waals surface area contributed by atoms with E-state index < -0.39 is 0 Å². The van der Waals surface area contributed by atoms with Crippen LogP contribution in [0.1, 0.15) is 13.3 Å². The molecule has 0 saturated carbocycles. The van der Waals surface area contributed by atoms with Crippen molar-refractivity contribution in [3.8, 4) is 0 Å². The number of carbonyl (C=O) groups is 1. The predicted molar refractivity (Wildman–Crippen MR) is 48.0 cm³/mol. The highest BCUT2D eigenvalue weighted by Crippen LogP contribution is 2.31. The van der Waals surface area contributed by atoms with Crippen molar-refractivity contribution in [2.45, 2.75) is 25.4 Å². The summed E-state index contributed by atoms with van der Waals surface area (Å²) in [5.41, 5.74) is 0. The number of rotatable bonds is 1. The second kappa shape index (κ2) is 3.03. The maximum atomic E-state index is 11.5. The number of nitrogens with zero attached hydrogens (tertiary/aromatic N) is 2. The summed E-state index contributed by atoms with van der Waals surface area (Å²) in [6.45, 7) is 2.26. The normalized spacial score (nSPS) is 31.4. The van der Waals surface area contributed by atoms with Crippen LogP contribution in [0, 0.1) is 0 Å². The van der Waals surface area contributed by atoms with Crippen molar-refractivity contribution in [1.29, 1.82) is 0 Å². The highest BCUT2D eigenvalue weighted by atomic mass is 16.6. The van der Waals surface area contributed by atoms with Crippen LogP contribution in [-0.4, -0.2) is 41.8 Å². The maximum Gasteiger partial charge on any atom is 0.425 e. The van der Waals surface area contributed by atoms with Gasteiger partial charge in [-0.05, 0) is 13.3 Å². The highest BCUT2D eigenvalue weighted by molar-refractivity contribution is 5.68. The van der Waals surface area contributed by atoms with Gasteiger partial charge in [0.1, 0.15) is 0 Å². The Morgan fingerprint density at radius 1 is 1.54 bits per heavy atom. The first-order valence-electron chi connectivity index (χ1n) is 4.61. The van der Waals surface area contributed by atoms with E-state index in [2.05, 4.69) is 12.2 Å². The topological polar surface area (TPSA) is 32.8 Å². The Bertz CT molecular complexity index is 252. The summed E-state index contributed by atoms with van der Waals surface area (Å²) in [4.78, 5) is 11.5. The molecular weight excluding hydrogens is 168 g/mol. The van der Waals surface area contributed by atoms with Crippen LogP contribution in [0.2, 0.25) is 0 Å². The molecule has 13 heavy (non-hydrogen) atoms. The molecule has 1 amide bonds. The number of hydrazine groups is 1. The first-order chi connectivity index (χ1) is 6.24. The van der Waals surface area contributed by atoms with Crippen molar-refractivity contribution in [1.82, 2.24) is 10.0 Å². The smallest absolute Gasteiger partial charge is 0.425 e. The summed E-state index contributed by atoms with van der Waals surface area (Å²) < 4.78 is 4.96. The van der Waals surface area contributed by atoms with Gasteiger partial charge in [0.05, 0.1) is 12.6 Å². The van der Waals surface area contributed by atoms with Gasteiger partial charge < -0.3 is 4.74 Å². The molecule has 0 N–H and O–H groups in total. The quantitative estimate of drug-likeness (QED) is 0.567. The molecule has 1 saturated heterocycles. The predicted octanol–water partition coefficient (Wildman–Crippen LogP) is 1.00. The molecular formula is C9H14N2O2. The van der Waals surface area contributed by atoms with Gasteiger partial charge in [-0.1, -0.05) is 12.2 Å². The monoisotopic (exact) mass is 182 g/mol. The lowest BCUT2D eigenvalue weighted by Gasteiger charge is -2.31. The van der Waals surface area contributed by atoms with Gasteiger partial charge in [0.2, 0.25) is 0 Å². The molecule has 4 heteroatoms. The van der Waals surface area contributed by atoms with Crippen LogP contribution in [0.25, 0.3) is 0 Å². The molecule has 0 spiro atoms. The van der Waals surface area contributed by atoms with Gasteiger partial charge >= 0.3 is 6.09 Å². The van der Waals surface area contributed by atoms with Crippen molar-refractivity contribution in [3.63, 3.8) is 0 Å². The minimum atomic E-state index is -0.234. The molecule has 0 radical (unpaired) electrons. The van der Waals surface area contributed by atoms with Crippen molar-refractivity contribution >= 4 is 6.09 Å². The molecule has 2 rings (SSSR count). The minimum absolute atomic E-state index is 0.217. The zero-order valence-electron chi connectivity index (χ0n) is 7.93. The Balaban J connectivity index is 2.08. The molecule has 2 aliphatic rings. The molecule has 2 unspecified atom stereocenters. The Morgan fingerprint density at radius 3 is 2.77 bits per heavy atom. The average Bonchev–Trinajstić information content (AvgIpc) is 2.63. The van der Waals surface area contributed by atoms with Gasteiger partial charge in [-0.25, -0.2) is 14.8 Å². The van der Waals surface area contributed by atoms with Gasteiger partial charge in [-0.2, -0.15) is 0 Å². The van der Waals surface area contributed by atoms with E-state index in [1.165, 1.54) is 0 Å².